The summed E-state index contributed by atoms with van der Waals surface area (Å²) >= 11 is 1.34. The minimum Gasteiger partial charge on any atom is -0.545 e. The van der Waals surface area contributed by atoms with Crippen molar-refractivity contribution in [3.8, 4) is 0 Å². The van der Waals surface area contributed by atoms with Crippen LogP contribution in [0.4, 0.5) is 5.00 Å². The SMILES string of the molecule is COC(=O)c1c(NC(=O)/C=C/C(=O)[O-])sc2c1CC[C@H](C)C2. The van der Waals surface area contributed by atoms with Gasteiger partial charge in [-0.05, 0) is 36.8 Å². The molecule has 0 spiro atoms. The third kappa shape index (κ3) is 3.54. The molecule has 118 valence electrons. The van der Waals surface area contributed by atoms with E-state index in [-0.39, 0.29) is 0 Å². The predicted molar refractivity (Wildman–Crippen MR) is 79.6 cm³/mol. The van der Waals surface area contributed by atoms with E-state index in [0.29, 0.717) is 22.6 Å². The predicted octanol–water partition coefficient (Wildman–Crippen LogP) is 0.904. The Labute approximate surface area is 131 Å². The number of thiophene rings is 1. The number of rotatable bonds is 4. The molecule has 1 N–H and O–H groups in total. The van der Waals surface area contributed by atoms with E-state index >= 15 is 0 Å². The van der Waals surface area contributed by atoms with Gasteiger partial charge in [0.1, 0.15) is 5.00 Å². The topological polar surface area (TPSA) is 95.5 Å². The molecule has 0 saturated heterocycles. The first-order chi connectivity index (χ1) is 10.4. The summed E-state index contributed by atoms with van der Waals surface area (Å²) in [5.74, 6) is -2.05. The normalized spacial score (nSPS) is 17.1. The minimum absolute atomic E-state index is 0.379. The van der Waals surface area contributed by atoms with E-state index in [1.54, 1.807) is 0 Å². The number of ether oxygens (including phenoxy) is 1. The third-order valence-electron chi connectivity index (χ3n) is 3.51. The fraction of sp³-hybridized carbons (Fsp3) is 0.400. The average Bonchev–Trinajstić information content (AvgIpc) is 2.81. The lowest BCUT2D eigenvalue weighted by Crippen LogP contribution is -2.20. The van der Waals surface area contributed by atoms with Crippen molar-refractivity contribution in [2.75, 3.05) is 12.4 Å². The van der Waals surface area contributed by atoms with Crippen LogP contribution in [0.1, 0.15) is 34.1 Å². The maximum absolute atomic E-state index is 12.0. The smallest absolute Gasteiger partial charge is 0.341 e. The lowest BCUT2D eigenvalue weighted by molar-refractivity contribution is -0.297. The Kier molecular flexibility index (Phi) is 4.97. The summed E-state index contributed by atoms with van der Waals surface area (Å²) in [4.78, 5) is 35.1. The molecule has 2 rings (SSSR count). The average molecular weight is 322 g/mol. The summed E-state index contributed by atoms with van der Waals surface area (Å²) in [6.07, 6.45) is 4.10. The zero-order chi connectivity index (χ0) is 16.3. The minimum atomic E-state index is -1.46. The van der Waals surface area contributed by atoms with E-state index in [9.17, 15) is 19.5 Å². The van der Waals surface area contributed by atoms with Gasteiger partial charge < -0.3 is 20.0 Å². The zero-order valence-electron chi connectivity index (χ0n) is 12.3. The maximum Gasteiger partial charge on any atom is 0.341 e. The second-order valence-electron chi connectivity index (χ2n) is 5.19. The number of anilines is 1. The first kappa shape index (κ1) is 16.2. The molecule has 1 aromatic heterocycles. The molecule has 0 saturated carbocycles. The Balaban J connectivity index is 2.32. The molecule has 1 atom stereocenters. The first-order valence-corrected chi connectivity index (χ1v) is 7.67. The van der Waals surface area contributed by atoms with E-state index in [2.05, 4.69) is 12.2 Å². The number of aliphatic carboxylic acids is 1. The quantitative estimate of drug-likeness (QED) is 0.656. The van der Waals surface area contributed by atoms with Gasteiger partial charge in [-0.2, -0.15) is 0 Å². The molecule has 0 radical (unpaired) electrons. The molecule has 0 bridgehead atoms. The standard InChI is InChI=1S/C15H17NO5S/c1-8-3-4-9-10(7-8)22-14(13(9)15(20)21-2)16-11(17)5-6-12(18)19/h5-6,8H,3-4,7H2,1-2H3,(H,16,17)(H,18,19)/p-1/b6-5+/t8-/m0/s1. The molecular formula is C15H16NO5S-. The number of carbonyl (C=O) groups excluding carboxylic acids is 3. The van der Waals surface area contributed by atoms with Gasteiger partial charge in [0.2, 0.25) is 5.91 Å². The molecule has 1 aromatic rings. The zero-order valence-corrected chi connectivity index (χ0v) is 13.1. The Hall–Kier alpha value is -2.15. The summed E-state index contributed by atoms with van der Waals surface area (Å²) in [5.41, 5.74) is 1.30. The molecule has 0 fully saturated rings. The van der Waals surface area contributed by atoms with Crippen molar-refractivity contribution in [1.82, 2.24) is 0 Å². The summed E-state index contributed by atoms with van der Waals surface area (Å²) in [6, 6.07) is 0. The van der Waals surface area contributed by atoms with Crippen molar-refractivity contribution in [1.29, 1.82) is 0 Å². The van der Waals surface area contributed by atoms with E-state index in [1.807, 2.05) is 0 Å². The van der Waals surface area contributed by atoms with Gasteiger partial charge in [0.25, 0.3) is 0 Å². The number of carboxylic acids is 1. The molecule has 1 aliphatic rings. The summed E-state index contributed by atoms with van der Waals surface area (Å²) < 4.78 is 4.80. The van der Waals surface area contributed by atoms with Gasteiger partial charge in [0.05, 0.1) is 18.6 Å². The summed E-state index contributed by atoms with van der Waals surface area (Å²) in [6.45, 7) is 2.14. The Morgan fingerprint density at radius 3 is 2.73 bits per heavy atom. The van der Waals surface area contributed by atoms with Gasteiger partial charge in [-0.1, -0.05) is 6.92 Å². The Morgan fingerprint density at radius 1 is 1.36 bits per heavy atom. The van der Waals surface area contributed by atoms with Crippen LogP contribution in [0.2, 0.25) is 0 Å². The molecular weight excluding hydrogens is 306 g/mol. The molecule has 6 nitrogen and oxygen atoms in total. The number of esters is 1. The summed E-state index contributed by atoms with van der Waals surface area (Å²) in [5, 5.41) is 13.3. The van der Waals surface area contributed by atoms with E-state index in [4.69, 9.17) is 4.74 Å². The second-order valence-corrected chi connectivity index (χ2v) is 6.29. The highest BCUT2D eigenvalue weighted by Crippen LogP contribution is 2.39. The van der Waals surface area contributed by atoms with Crippen LogP contribution in [0.25, 0.3) is 0 Å². The third-order valence-corrected chi connectivity index (χ3v) is 4.68. The largest absolute Gasteiger partial charge is 0.545 e. The lowest BCUT2D eigenvalue weighted by Gasteiger charge is -2.18. The van der Waals surface area contributed by atoms with Crippen LogP contribution < -0.4 is 10.4 Å². The molecule has 7 heteroatoms. The van der Waals surface area contributed by atoms with Crippen LogP contribution >= 0.6 is 11.3 Å². The highest BCUT2D eigenvalue weighted by atomic mass is 32.1. The van der Waals surface area contributed by atoms with Gasteiger partial charge >= 0.3 is 5.97 Å². The fourth-order valence-electron chi connectivity index (χ4n) is 2.45. The monoisotopic (exact) mass is 322 g/mol. The summed E-state index contributed by atoms with van der Waals surface area (Å²) in [7, 11) is 1.29. The first-order valence-electron chi connectivity index (χ1n) is 6.85. The molecule has 1 aliphatic carbocycles. The number of methoxy groups -OCH3 is 1. The molecule has 0 aromatic carbocycles. The highest BCUT2D eigenvalue weighted by Gasteiger charge is 2.28. The van der Waals surface area contributed by atoms with Crippen molar-refractivity contribution in [3.63, 3.8) is 0 Å². The van der Waals surface area contributed by atoms with Crippen LogP contribution in [0.5, 0.6) is 0 Å². The van der Waals surface area contributed by atoms with Gasteiger partial charge in [-0.25, -0.2) is 4.79 Å². The number of hydrogen-bond donors (Lipinski definition) is 1. The van der Waals surface area contributed by atoms with Crippen molar-refractivity contribution >= 4 is 34.2 Å². The van der Waals surface area contributed by atoms with Crippen LogP contribution in [0, 0.1) is 5.92 Å². The number of amides is 1. The lowest BCUT2D eigenvalue weighted by atomic mass is 9.88. The van der Waals surface area contributed by atoms with E-state index < -0.39 is 17.8 Å². The van der Waals surface area contributed by atoms with Gasteiger partial charge in [-0.3, -0.25) is 4.79 Å². The van der Waals surface area contributed by atoms with E-state index in [1.165, 1.54) is 18.4 Å². The van der Waals surface area contributed by atoms with Crippen molar-refractivity contribution < 1.29 is 24.2 Å². The van der Waals surface area contributed by atoms with Gasteiger partial charge in [0, 0.05) is 11.0 Å². The highest BCUT2D eigenvalue weighted by molar-refractivity contribution is 7.17. The second kappa shape index (κ2) is 6.74. The fourth-order valence-corrected chi connectivity index (χ4v) is 3.86. The van der Waals surface area contributed by atoms with E-state index in [0.717, 1.165) is 35.8 Å². The molecule has 0 unspecified atom stereocenters. The van der Waals surface area contributed by atoms with Crippen molar-refractivity contribution in [2.45, 2.75) is 26.2 Å². The van der Waals surface area contributed by atoms with Crippen molar-refractivity contribution in [3.05, 3.63) is 28.2 Å². The van der Waals surface area contributed by atoms with Crippen LogP contribution in [-0.4, -0.2) is 25.0 Å². The van der Waals surface area contributed by atoms with Crippen LogP contribution in [-0.2, 0) is 27.2 Å². The maximum atomic E-state index is 12.0. The van der Waals surface area contributed by atoms with Crippen LogP contribution in [0.3, 0.4) is 0 Å². The van der Waals surface area contributed by atoms with Gasteiger partial charge in [-0.15, -0.1) is 11.3 Å². The number of hydrogen-bond acceptors (Lipinski definition) is 6. The van der Waals surface area contributed by atoms with Crippen molar-refractivity contribution in [2.24, 2.45) is 5.92 Å². The molecule has 1 amide bonds. The molecule has 22 heavy (non-hydrogen) atoms. The molecule has 1 heterocycles. The number of carbonyl (C=O) groups is 3. The van der Waals surface area contributed by atoms with Crippen LogP contribution in [0.15, 0.2) is 12.2 Å². The Bertz CT molecular complexity index is 647. The number of carboxylic acid groups (broad SMARTS) is 1. The number of nitrogens with one attached hydrogen (secondary N) is 1. The number of fused-ring (bicyclic) bond motifs is 1. The van der Waals surface area contributed by atoms with Gasteiger partial charge in [0.15, 0.2) is 0 Å². The molecule has 0 aliphatic heterocycles. The Morgan fingerprint density at radius 2 is 2.09 bits per heavy atom.